The molecule has 0 radical (unpaired) electrons. The number of hydrogen-bond acceptors (Lipinski definition) is 31. The van der Waals surface area contributed by atoms with Gasteiger partial charge in [-0.2, -0.15) is 19.9 Å². The van der Waals surface area contributed by atoms with Crippen LogP contribution in [0, 0.1) is 30.1 Å². The fraction of sp³-hybridized carbons (Fsp3) is 0.500. The number of unbranched alkanes of at least 4 members (excludes halogenated alkanes) is 2. The van der Waals surface area contributed by atoms with Crippen LogP contribution in [-0.4, -0.2) is 315 Å². The number of guanidine groups is 2. The van der Waals surface area contributed by atoms with Gasteiger partial charge in [-0.05, 0) is 97.4 Å². The van der Waals surface area contributed by atoms with Crippen molar-refractivity contribution in [2.45, 2.75) is 151 Å². The van der Waals surface area contributed by atoms with Crippen LogP contribution in [0.5, 0.6) is 0 Å². The third-order valence-corrected chi connectivity index (χ3v) is 21.6. The van der Waals surface area contributed by atoms with E-state index in [0.29, 0.717) is 12.8 Å². The van der Waals surface area contributed by atoms with Crippen molar-refractivity contribution < 1.29 is 57.5 Å². The standard InChI is InChI=1S/C84H122N36O20/c1-49-33-119(81(139)107-71(49)133)47-65(129)110(41-61(125)99-51(13-9-11-19-96-75(87)88)35-117(37-55(121)83(3,4)5)67(131)43-113-25-15-53-69(113)103-77(91)105-73(53)135)30-22-93-58(122)38-109(63(127)45-115-27-17-56(85)101-79(115)137)29-21-95-60(124)40-118(68(132)44-114-26-16-54-70(114)104-78(92)106-74(54)136)36-52(14-10-12-20-97-76(89)90)100-62(126)42-111(66(130)48-120-34-50(2)72(134)108-82(120)140)31-23-94-59(123)39-112(32-24-98-84(6,7)8)64(128)46-116-28-18-57(86)102-80(116)138/h15-18,25-28,33-34,51-52,98H,9-14,19-24,29-32,35-48H2,1-8H3,(H,93,122)(H,94,123)(H,95,124)(H,99,125)(H,100,126)(H2,85,101,137)(H2,86,102,138)(H4,87,88,96)(H4,89,90,97)(H,107,133,139)(H,108,134,140)(H3,91,103,105,135)(H3,92,104,106,136)/t51-,52-/m0/s1. The van der Waals surface area contributed by atoms with Crippen LogP contribution in [0.1, 0.15) is 91.2 Å². The minimum atomic E-state index is -1.16. The first kappa shape index (κ1) is 109. The molecule has 26 N–H and O–H groups in total. The van der Waals surface area contributed by atoms with Crippen LogP contribution in [0.2, 0.25) is 0 Å². The van der Waals surface area contributed by atoms with Crippen LogP contribution in [0.15, 0.2) is 99.8 Å². The van der Waals surface area contributed by atoms with E-state index < -0.39 is 257 Å². The lowest BCUT2D eigenvalue weighted by molar-refractivity contribution is -0.139. The van der Waals surface area contributed by atoms with E-state index in [0.717, 1.165) is 56.5 Å². The van der Waals surface area contributed by atoms with Gasteiger partial charge in [0.1, 0.15) is 62.2 Å². The third kappa shape index (κ3) is 34.4. The highest BCUT2D eigenvalue weighted by Gasteiger charge is 2.33. The molecular formula is C84H122N36O20. The van der Waals surface area contributed by atoms with Gasteiger partial charge in [-0.15, -0.1) is 0 Å². The lowest BCUT2D eigenvalue weighted by Crippen LogP contribution is -2.53. The van der Waals surface area contributed by atoms with Gasteiger partial charge in [0, 0.05) is 150 Å². The Morgan fingerprint density at radius 2 is 0.707 bits per heavy atom. The number of hydrogen-bond donors (Lipinski definition) is 20. The molecule has 8 aromatic rings. The van der Waals surface area contributed by atoms with Crippen LogP contribution in [0.25, 0.3) is 22.1 Å². The van der Waals surface area contributed by atoms with Crippen molar-refractivity contribution in [3.8, 4) is 0 Å². The second-order valence-electron chi connectivity index (χ2n) is 35.1. The topological polar surface area (TPSA) is 805 Å². The molecule has 0 saturated heterocycles. The average molecular weight is 1960 g/mol. The zero-order valence-corrected chi connectivity index (χ0v) is 78.9. The Balaban J connectivity index is 1.04. The molecule has 0 aliphatic rings. The van der Waals surface area contributed by atoms with Gasteiger partial charge in [0.25, 0.3) is 22.2 Å². The molecular weight excluding hydrogens is 1830 g/mol. The maximum absolute atomic E-state index is 15.1. The fourth-order valence-electron chi connectivity index (χ4n) is 14.2. The highest BCUT2D eigenvalue weighted by Crippen LogP contribution is 2.19. The van der Waals surface area contributed by atoms with E-state index in [9.17, 15) is 91.1 Å². The molecule has 8 heterocycles. The summed E-state index contributed by atoms with van der Waals surface area (Å²) in [6, 6.07) is 3.13. The molecule has 8 rings (SSSR count). The van der Waals surface area contributed by atoms with Gasteiger partial charge in [0.05, 0.1) is 50.0 Å². The summed E-state index contributed by atoms with van der Waals surface area (Å²) in [5, 5.41) is 37.6. The van der Waals surface area contributed by atoms with E-state index >= 15 is 4.79 Å². The number of rotatable bonds is 52. The van der Waals surface area contributed by atoms with Crippen LogP contribution >= 0.6 is 0 Å². The second kappa shape index (κ2) is 50.4. The van der Waals surface area contributed by atoms with Gasteiger partial charge >= 0.3 is 22.8 Å². The highest BCUT2D eigenvalue weighted by molar-refractivity contribution is 5.92. The summed E-state index contributed by atoms with van der Waals surface area (Å²) in [6.45, 7) is 1.66. The molecule has 0 aliphatic heterocycles. The molecule has 0 saturated carbocycles. The van der Waals surface area contributed by atoms with Crippen LogP contribution in [0.3, 0.4) is 0 Å². The largest absolute Gasteiger partial charge is 0.383 e. The first-order chi connectivity index (χ1) is 65.9. The van der Waals surface area contributed by atoms with Gasteiger partial charge < -0.3 is 115 Å². The monoisotopic (exact) mass is 1950 g/mol. The van der Waals surface area contributed by atoms with Crippen molar-refractivity contribution in [1.29, 1.82) is 10.8 Å². The molecule has 0 aliphatic carbocycles. The van der Waals surface area contributed by atoms with Gasteiger partial charge in [0.15, 0.2) is 17.7 Å². The van der Waals surface area contributed by atoms with Gasteiger partial charge in [-0.1, -0.05) is 20.8 Å². The summed E-state index contributed by atoms with van der Waals surface area (Å²) in [4.78, 5) is 307. The van der Waals surface area contributed by atoms with E-state index in [-0.39, 0.29) is 133 Å². The number of fused-ring (bicyclic) bond motifs is 2. The Morgan fingerprint density at radius 3 is 1.06 bits per heavy atom. The van der Waals surface area contributed by atoms with E-state index in [1.807, 2.05) is 20.8 Å². The Morgan fingerprint density at radius 1 is 0.386 bits per heavy atom. The van der Waals surface area contributed by atoms with E-state index in [2.05, 4.69) is 82.4 Å². The Bertz CT molecular complexity index is 6400. The molecule has 758 valence electrons. The molecule has 11 amide bonds. The van der Waals surface area contributed by atoms with Crippen molar-refractivity contribution in [3.05, 3.63) is 156 Å². The summed E-state index contributed by atoms with van der Waals surface area (Å²) in [7, 11) is 0. The molecule has 140 heavy (non-hydrogen) atoms. The summed E-state index contributed by atoms with van der Waals surface area (Å²) in [5.74, 6) is -11.3. The number of amides is 11. The van der Waals surface area contributed by atoms with E-state index in [4.69, 9.17) is 45.2 Å². The second-order valence-corrected chi connectivity index (χ2v) is 35.1. The first-order valence-electron chi connectivity index (χ1n) is 44.4. The van der Waals surface area contributed by atoms with Crippen molar-refractivity contribution in [1.82, 2.24) is 139 Å². The van der Waals surface area contributed by atoms with E-state index in [1.165, 1.54) is 75.6 Å². The van der Waals surface area contributed by atoms with Crippen LogP contribution < -0.4 is 122 Å². The number of carbonyl (C=O) groups excluding carboxylic acids is 12. The average Bonchev–Trinajstić information content (AvgIpc) is 1.65. The van der Waals surface area contributed by atoms with Crippen molar-refractivity contribution in [2.24, 2.45) is 16.9 Å². The maximum Gasteiger partial charge on any atom is 0.349 e. The third-order valence-electron chi connectivity index (χ3n) is 21.6. The minimum absolute atomic E-state index is 0.00448. The number of nitrogens with two attached hydrogens (primary N) is 6. The quantitative estimate of drug-likeness (QED) is 0.00956. The molecule has 0 fully saturated rings. The molecule has 2 atom stereocenters. The SMILES string of the molecule is Cc1cn(CC(=O)N(CCNC(=O)CN(CCNC(C)(C)C)C(=O)Cn2ccc(N)nc2=O)CC(=O)N[C@@H](CCCCNC(=N)N)CN(CC(=O)NCCN(CC(=O)NCCN(CC(=O)N[C@@H](CCCCNC(=N)N)CN(CC(=O)C(C)(C)C)C(=O)Cn2ccc3c(=O)[nH]c(N)nc32)C(=O)Cn2cc(C)c(=O)[nH]c2=O)C(=O)Cn2ccc(N)nc2=O)C(=O)Cn2ccc3c(=O)[nH]c(N)nc32)c(=O)[nH]c1=O. The summed E-state index contributed by atoms with van der Waals surface area (Å²) < 4.78 is 6.21. The smallest absolute Gasteiger partial charge is 0.349 e. The summed E-state index contributed by atoms with van der Waals surface area (Å²) >= 11 is 0. The van der Waals surface area contributed by atoms with Crippen molar-refractivity contribution >= 4 is 128 Å². The maximum atomic E-state index is 15.1. The highest BCUT2D eigenvalue weighted by atomic mass is 16.2. The normalized spacial score (nSPS) is 11.8. The number of nitrogens with one attached hydrogen (secondary N) is 14. The number of nitrogens with zero attached hydrogens (tertiary/aromatic N) is 16. The van der Waals surface area contributed by atoms with Crippen molar-refractivity contribution in [3.63, 3.8) is 0 Å². The predicted molar refractivity (Wildman–Crippen MR) is 510 cm³/mol. The first-order valence-corrected chi connectivity index (χ1v) is 44.4. The molecule has 0 spiro atoms. The minimum Gasteiger partial charge on any atom is -0.383 e. The number of H-pyrrole nitrogens is 4. The number of nitrogen functional groups attached to an aromatic ring is 4. The predicted octanol–water partition coefficient (Wildman–Crippen LogP) is -9.38. The Hall–Kier alpha value is -16.5. The number of aryl methyl sites for hydroxylation is 2. The van der Waals surface area contributed by atoms with Gasteiger partial charge in [-0.3, -0.25) is 126 Å². The van der Waals surface area contributed by atoms with Gasteiger partial charge in [-0.25, -0.2) is 19.2 Å². The number of anilines is 4. The number of ketones is 1. The fourth-order valence-corrected chi connectivity index (χ4v) is 14.2. The van der Waals surface area contributed by atoms with Gasteiger partial charge in [0.2, 0.25) is 76.9 Å². The zero-order chi connectivity index (χ0) is 103. The molecule has 0 unspecified atom stereocenters. The molecule has 0 aromatic carbocycles. The number of aromatic nitrogens is 14. The molecule has 8 aromatic heterocycles. The van der Waals surface area contributed by atoms with E-state index in [1.54, 1.807) is 20.8 Å². The lowest BCUT2D eigenvalue weighted by Gasteiger charge is -2.31. The number of Topliss-reactive ketones (excluding diaryl/α,β-unsaturated/α-hetero) is 1. The van der Waals surface area contributed by atoms with Crippen LogP contribution in [-0.2, 0) is 96.8 Å². The molecule has 56 nitrogen and oxygen atoms in total. The molecule has 0 bridgehead atoms. The zero-order valence-electron chi connectivity index (χ0n) is 78.9. The Kier molecular flexibility index (Phi) is 39.1. The lowest BCUT2D eigenvalue weighted by atomic mass is 9.90. The number of aromatic amines is 4. The van der Waals surface area contributed by atoms with Crippen LogP contribution in [0.4, 0.5) is 23.5 Å². The van der Waals surface area contributed by atoms with Crippen molar-refractivity contribution in [2.75, 3.05) is 141 Å². The molecule has 56 heteroatoms. The summed E-state index contributed by atoms with van der Waals surface area (Å²) in [5.41, 5.74) is 26.4. The Labute approximate surface area is 796 Å². The summed E-state index contributed by atoms with van der Waals surface area (Å²) in [6.07, 6.45) is 8.66. The number of carbonyl (C=O) groups is 12.